The van der Waals surface area contributed by atoms with Crippen molar-refractivity contribution >= 4 is 28.3 Å². The number of aliphatic carboxylic acids is 1. The van der Waals surface area contributed by atoms with Crippen molar-refractivity contribution in [3.05, 3.63) is 99.0 Å². The fourth-order valence-corrected chi connectivity index (χ4v) is 4.97. The number of aryl methyl sites for hydroxylation is 2. The third-order valence-corrected chi connectivity index (χ3v) is 7.47. The van der Waals surface area contributed by atoms with E-state index in [9.17, 15) is 28.3 Å². The maximum atomic E-state index is 14.8. The number of rotatable bonds is 9. The lowest BCUT2D eigenvalue weighted by atomic mass is 9.91. The van der Waals surface area contributed by atoms with Gasteiger partial charge in [0, 0.05) is 30.9 Å². The molecule has 7 nitrogen and oxygen atoms in total. The molecule has 1 amide bonds. The lowest BCUT2D eigenvalue weighted by molar-refractivity contribution is -0.139. The number of fused-ring (bicyclic) bond motifs is 1. The summed E-state index contributed by atoms with van der Waals surface area (Å²) in [6.07, 6.45) is 0.576. The fraction of sp³-hybridized carbons (Fsp3) is 0.281. The van der Waals surface area contributed by atoms with Crippen LogP contribution in [0.15, 0.2) is 59.4 Å². The zero-order chi connectivity index (χ0) is 30.0. The normalized spacial score (nSPS) is 12.7. The molecule has 41 heavy (non-hydrogen) atoms. The van der Waals surface area contributed by atoms with Gasteiger partial charge in [0.25, 0.3) is 11.5 Å². The summed E-state index contributed by atoms with van der Waals surface area (Å²) in [5.41, 5.74) is 2.66. The summed E-state index contributed by atoms with van der Waals surface area (Å²) in [6.45, 7) is 7.49. The highest BCUT2D eigenvalue weighted by atomic mass is 19.1. The summed E-state index contributed by atoms with van der Waals surface area (Å²) in [5, 5.41) is 16.6. The second kappa shape index (κ2) is 11.9. The van der Waals surface area contributed by atoms with Crippen LogP contribution in [0.2, 0.25) is 0 Å². The Morgan fingerprint density at radius 3 is 2.24 bits per heavy atom. The van der Waals surface area contributed by atoms with Crippen LogP contribution in [0.4, 0.5) is 14.5 Å². The SMILES string of the molecule is CC[C@H](C)Nc1cc(F)c(C(=O)N[C@@H](Cc2ccc(-c3c(C)cc(C)n(C)c3=O)c3ccccc23)C(=O)O)c(F)c1. The summed E-state index contributed by atoms with van der Waals surface area (Å²) in [5.74, 6) is -4.71. The first-order chi connectivity index (χ1) is 19.4. The Kier molecular flexibility index (Phi) is 8.56. The summed E-state index contributed by atoms with van der Waals surface area (Å²) < 4.78 is 31.2. The number of carboxylic acid groups (broad SMARTS) is 1. The number of benzene rings is 3. The Morgan fingerprint density at radius 1 is 1.00 bits per heavy atom. The monoisotopic (exact) mass is 561 g/mol. The van der Waals surface area contributed by atoms with E-state index in [0.29, 0.717) is 22.1 Å². The Hall–Kier alpha value is -4.53. The zero-order valence-corrected chi connectivity index (χ0v) is 23.6. The van der Waals surface area contributed by atoms with Gasteiger partial charge in [0.15, 0.2) is 0 Å². The number of carbonyl (C=O) groups excluding carboxylic acids is 1. The molecule has 9 heteroatoms. The Balaban J connectivity index is 1.68. The molecule has 1 aromatic heterocycles. The summed E-state index contributed by atoms with van der Waals surface area (Å²) in [6, 6.07) is 13.2. The summed E-state index contributed by atoms with van der Waals surface area (Å²) in [4.78, 5) is 38.3. The van der Waals surface area contributed by atoms with Gasteiger partial charge in [-0.2, -0.15) is 0 Å². The second-order valence-electron chi connectivity index (χ2n) is 10.4. The van der Waals surface area contributed by atoms with Crippen LogP contribution in [0, 0.1) is 25.5 Å². The molecular formula is C32H33F2N3O4. The molecule has 1 heterocycles. The number of carbonyl (C=O) groups is 2. The Morgan fingerprint density at radius 2 is 1.63 bits per heavy atom. The van der Waals surface area contributed by atoms with Crippen LogP contribution >= 0.6 is 0 Å². The van der Waals surface area contributed by atoms with E-state index < -0.39 is 35.1 Å². The van der Waals surface area contributed by atoms with Gasteiger partial charge >= 0.3 is 5.97 Å². The number of hydrogen-bond donors (Lipinski definition) is 3. The van der Waals surface area contributed by atoms with E-state index in [1.807, 2.05) is 52.0 Å². The minimum atomic E-state index is -1.47. The molecule has 3 N–H and O–H groups in total. The minimum Gasteiger partial charge on any atom is -0.480 e. The molecule has 4 rings (SSSR count). The van der Waals surface area contributed by atoms with Crippen LogP contribution in [0.5, 0.6) is 0 Å². The standard InChI is InChI=1S/C32H33F2N3O4/c1-6-18(3)35-21-15-25(33)29(26(34)16-21)30(38)36-27(32(40)41)14-20-11-12-24(23-10-8-7-9-22(20)23)28-17(2)13-19(4)37(5)31(28)39/h7-13,15-16,18,27,35H,6,14H2,1-5H3,(H,36,38)(H,40,41)/t18-,27-/m0/s1. The van der Waals surface area contributed by atoms with Crippen molar-refractivity contribution in [2.45, 2.75) is 52.6 Å². The number of aromatic nitrogens is 1. The number of nitrogens with one attached hydrogen (secondary N) is 2. The number of pyridine rings is 1. The molecule has 0 unspecified atom stereocenters. The van der Waals surface area contributed by atoms with Gasteiger partial charge in [-0.25, -0.2) is 13.6 Å². The first kappa shape index (κ1) is 29.5. The van der Waals surface area contributed by atoms with E-state index in [1.54, 1.807) is 29.8 Å². The van der Waals surface area contributed by atoms with Crippen molar-refractivity contribution in [2.24, 2.45) is 7.05 Å². The first-order valence-electron chi connectivity index (χ1n) is 13.4. The van der Waals surface area contributed by atoms with Crippen LogP contribution in [0.3, 0.4) is 0 Å². The maximum Gasteiger partial charge on any atom is 0.326 e. The molecule has 2 atom stereocenters. The molecule has 214 valence electrons. The Bertz CT molecular complexity index is 1690. The zero-order valence-electron chi connectivity index (χ0n) is 23.6. The topological polar surface area (TPSA) is 100 Å². The Labute approximate surface area is 236 Å². The van der Waals surface area contributed by atoms with Gasteiger partial charge in [-0.1, -0.05) is 43.3 Å². The molecule has 0 saturated carbocycles. The second-order valence-corrected chi connectivity index (χ2v) is 10.4. The van der Waals surface area contributed by atoms with E-state index in [1.165, 1.54) is 0 Å². The molecule has 0 saturated heterocycles. The largest absolute Gasteiger partial charge is 0.480 e. The lowest BCUT2D eigenvalue weighted by Crippen LogP contribution is -2.43. The molecular weight excluding hydrogens is 528 g/mol. The third kappa shape index (κ3) is 5.99. The number of halogens is 2. The van der Waals surface area contributed by atoms with E-state index in [2.05, 4.69) is 10.6 Å². The van der Waals surface area contributed by atoms with Gasteiger partial charge in [-0.15, -0.1) is 0 Å². The fourth-order valence-electron chi connectivity index (χ4n) is 4.97. The third-order valence-electron chi connectivity index (χ3n) is 7.47. The molecule has 0 aliphatic carbocycles. The van der Waals surface area contributed by atoms with Crippen LogP contribution in [0.1, 0.15) is 47.4 Å². The van der Waals surface area contributed by atoms with Crippen LogP contribution in [-0.2, 0) is 18.3 Å². The van der Waals surface area contributed by atoms with Crippen LogP contribution in [-0.4, -0.2) is 33.6 Å². The van der Waals surface area contributed by atoms with Gasteiger partial charge in [0.1, 0.15) is 23.2 Å². The molecule has 0 aliphatic heterocycles. The molecule has 4 aromatic rings. The van der Waals surface area contributed by atoms with E-state index >= 15 is 0 Å². The highest BCUT2D eigenvalue weighted by Crippen LogP contribution is 2.32. The minimum absolute atomic E-state index is 0.0380. The van der Waals surface area contributed by atoms with Crippen molar-refractivity contribution < 1.29 is 23.5 Å². The smallest absolute Gasteiger partial charge is 0.326 e. The van der Waals surface area contributed by atoms with Crippen LogP contribution in [0.25, 0.3) is 21.9 Å². The number of nitrogens with zero attached hydrogens (tertiary/aromatic N) is 1. The number of hydrogen-bond acceptors (Lipinski definition) is 4. The number of carboxylic acids is 1. The van der Waals surface area contributed by atoms with Gasteiger partial charge in [-0.3, -0.25) is 9.59 Å². The molecule has 0 fully saturated rings. The number of anilines is 1. The average molecular weight is 562 g/mol. The predicted molar refractivity (Wildman–Crippen MR) is 156 cm³/mol. The van der Waals surface area contributed by atoms with Crippen molar-refractivity contribution in [3.63, 3.8) is 0 Å². The highest BCUT2D eigenvalue weighted by Gasteiger charge is 2.27. The molecule has 0 bridgehead atoms. The van der Waals surface area contributed by atoms with E-state index in [0.717, 1.165) is 35.2 Å². The van der Waals surface area contributed by atoms with Crippen molar-refractivity contribution in [2.75, 3.05) is 5.32 Å². The predicted octanol–water partition coefficient (Wildman–Crippen LogP) is 5.74. The van der Waals surface area contributed by atoms with E-state index in [4.69, 9.17) is 0 Å². The van der Waals surface area contributed by atoms with Crippen LogP contribution < -0.4 is 16.2 Å². The van der Waals surface area contributed by atoms with Gasteiger partial charge in [-0.05, 0) is 72.9 Å². The first-order valence-corrected chi connectivity index (χ1v) is 13.4. The summed E-state index contributed by atoms with van der Waals surface area (Å²) in [7, 11) is 1.71. The number of amides is 1. The van der Waals surface area contributed by atoms with Gasteiger partial charge in [0.05, 0.1) is 5.56 Å². The van der Waals surface area contributed by atoms with Crippen molar-refractivity contribution in [3.8, 4) is 11.1 Å². The average Bonchev–Trinajstić information content (AvgIpc) is 2.91. The maximum absolute atomic E-state index is 14.8. The quantitative estimate of drug-likeness (QED) is 0.242. The van der Waals surface area contributed by atoms with Gasteiger partial charge < -0.3 is 20.3 Å². The molecule has 3 aromatic carbocycles. The molecule has 0 aliphatic rings. The lowest BCUT2D eigenvalue weighted by Gasteiger charge is -2.19. The van der Waals surface area contributed by atoms with Crippen molar-refractivity contribution in [1.29, 1.82) is 0 Å². The molecule has 0 spiro atoms. The summed E-state index contributed by atoms with van der Waals surface area (Å²) >= 11 is 0. The highest BCUT2D eigenvalue weighted by molar-refractivity contribution is 6.00. The molecule has 0 radical (unpaired) electrons. The van der Waals surface area contributed by atoms with Gasteiger partial charge in [0.2, 0.25) is 0 Å². The van der Waals surface area contributed by atoms with E-state index in [-0.39, 0.29) is 23.7 Å². The van der Waals surface area contributed by atoms with Crippen molar-refractivity contribution in [1.82, 2.24) is 9.88 Å².